The van der Waals surface area contributed by atoms with E-state index in [1.165, 1.54) is 53.3 Å². The largest absolute Gasteiger partial charge is 0.369 e. The average molecular weight is 431 g/mol. The molecule has 4 heteroatoms. The van der Waals surface area contributed by atoms with Crippen LogP contribution in [0.4, 0.5) is 5.69 Å². The number of nitrogens with zero attached hydrogens (tertiary/aromatic N) is 4. The van der Waals surface area contributed by atoms with Gasteiger partial charge in [0.1, 0.15) is 0 Å². The molecule has 0 amide bonds. The van der Waals surface area contributed by atoms with E-state index >= 15 is 0 Å². The number of unbranched alkanes of at least 4 members (excludes halogenated alkanes) is 1. The van der Waals surface area contributed by atoms with E-state index < -0.39 is 0 Å². The highest BCUT2D eigenvalue weighted by Gasteiger charge is 2.18. The van der Waals surface area contributed by atoms with Crippen molar-refractivity contribution >= 4 is 5.69 Å². The molecular weight excluding hydrogens is 392 g/mol. The van der Waals surface area contributed by atoms with Crippen LogP contribution < -0.4 is 4.90 Å². The molecule has 170 valence electrons. The van der Waals surface area contributed by atoms with Crippen LogP contribution in [0.15, 0.2) is 54.6 Å². The molecule has 0 saturated carbocycles. The number of hydrogen-bond donors (Lipinski definition) is 0. The molecule has 3 aromatic rings. The number of rotatable bonds is 9. The lowest BCUT2D eigenvalue weighted by molar-refractivity contribution is 0.253. The predicted octanol–water partition coefficient (Wildman–Crippen LogP) is 5.59. The first-order valence-electron chi connectivity index (χ1n) is 12.3. The van der Waals surface area contributed by atoms with Crippen molar-refractivity contribution < 1.29 is 0 Å². The molecule has 0 atom stereocenters. The van der Waals surface area contributed by atoms with E-state index in [0.29, 0.717) is 0 Å². The molecule has 4 rings (SSSR count). The molecule has 1 aliphatic heterocycles. The second-order valence-electron chi connectivity index (χ2n) is 9.13. The number of piperazine rings is 1. The minimum atomic E-state index is 1.07. The molecule has 2 aromatic carbocycles. The van der Waals surface area contributed by atoms with Crippen molar-refractivity contribution in [2.45, 2.75) is 52.9 Å². The Morgan fingerprint density at radius 2 is 1.62 bits per heavy atom. The van der Waals surface area contributed by atoms with Crippen LogP contribution in [0.3, 0.4) is 0 Å². The third kappa shape index (κ3) is 5.42. The van der Waals surface area contributed by atoms with Crippen LogP contribution in [-0.2, 0) is 12.8 Å². The van der Waals surface area contributed by atoms with E-state index in [-0.39, 0.29) is 0 Å². The van der Waals surface area contributed by atoms with Crippen LogP contribution in [0.1, 0.15) is 48.7 Å². The van der Waals surface area contributed by atoms with E-state index in [2.05, 4.69) is 89.9 Å². The summed E-state index contributed by atoms with van der Waals surface area (Å²) in [5.74, 6) is 0. The summed E-state index contributed by atoms with van der Waals surface area (Å²) < 4.78 is 2.14. The Kier molecular flexibility index (Phi) is 7.64. The van der Waals surface area contributed by atoms with Crippen molar-refractivity contribution in [1.29, 1.82) is 0 Å². The maximum absolute atomic E-state index is 4.94. The minimum Gasteiger partial charge on any atom is -0.369 e. The van der Waals surface area contributed by atoms with Gasteiger partial charge in [0.05, 0.1) is 11.4 Å². The fourth-order valence-corrected chi connectivity index (χ4v) is 4.76. The fraction of sp³-hybridized carbons (Fsp3) is 0.464. The summed E-state index contributed by atoms with van der Waals surface area (Å²) in [5.41, 5.74) is 7.97. The van der Waals surface area contributed by atoms with Gasteiger partial charge in [-0.05, 0) is 81.5 Å². The van der Waals surface area contributed by atoms with Gasteiger partial charge in [-0.2, -0.15) is 5.10 Å². The summed E-state index contributed by atoms with van der Waals surface area (Å²) in [6.07, 6.45) is 5.73. The maximum atomic E-state index is 4.94. The van der Waals surface area contributed by atoms with E-state index in [9.17, 15) is 0 Å². The third-order valence-electron chi connectivity index (χ3n) is 6.79. The van der Waals surface area contributed by atoms with Gasteiger partial charge >= 0.3 is 0 Å². The molecule has 1 aromatic heterocycles. The van der Waals surface area contributed by atoms with Gasteiger partial charge in [0.15, 0.2) is 0 Å². The van der Waals surface area contributed by atoms with Crippen LogP contribution in [0.2, 0.25) is 0 Å². The Morgan fingerprint density at radius 1 is 0.844 bits per heavy atom. The Morgan fingerprint density at radius 3 is 2.38 bits per heavy atom. The highest BCUT2D eigenvalue weighted by molar-refractivity contribution is 5.56. The Hall–Kier alpha value is -2.59. The molecule has 0 bridgehead atoms. The standard InChI is InChI=1S/C28H38N4/c1-4-11-27-22-25(29-32(27)26-14-6-5-7-15-26)13-8-9-17-30-18-20-31(21-19-30)28-16-10-12-23(2)24(28)3/h5-7,10,12,14-16,22H,4,8-9,11,13,17-21H2,1-3H3. The first-order chi connectivity index (χ1) is 15.7. The normalized spacial score (nSPS) is 14.8. The molecule has 0 spiro atoms. The lowest BCUT2D eigenvalue weighted by Gasteiger charge is -2.37. The van der Waals surface area contributed by atoms with E-state index in [1.807, 2.05) is 0 Å². The SMILES string of the molecule is CCCc1cc(CCCCN2CCN(c3cccc(C)c3C)CC2)nn1-c1ccccc1. The molecule has 0 aliphatic carbocycles. The minimum absolute atomic E-state index is 1.07. The number of hydrogen-bond acceptors (Lipinski definition) is 3. The quantitative estimate of drug-likeness (QED) is 0.414. The maximum Gasteiger partial charge on any atom is 0.0648 e. The summed E-state index contributed by atoms with van der Waals surface area (Å²) in [5, 5.41) is 4.94. The van der Waals surface area contributed by atoms with E-state index in [1.54, 1.807) is 0 Å². The summed E-state index contributed by atoms with van der Waals surface area (Å²) in [6.45, 7) is 12.5. The topological polar surface area (TPSA) is 24.3 Å². The van der Waals surface area contributed by atoms with Gasteiger partial charge in [-0.1, -0.05) is 43.7 Å². The Bertz CT molecular complexity index is 984. The second-order valence-corrected chi connectivity index (χ2v) is 9.13. The zero-order chi connectivity index (χ0) is 22.3. The van der Waals surface area contributed by atoms with E-state index in [4.69, 9.17) is 5.10 Å². The lowest BCUT2D eigenvalue weighted by Crippen LogP contribution is -2.46. The summed E-state index contributed by atoms with van der Waals surface area (Å²) in [7, 11) is 0. The van der Waals surface area contributed by atoms with Crippen LogP contribution in [0.5, 0.6) is 0 Å². The molecule has 0 N–H and O–H groups in total. The molecule has 0 radical (unpaired) electrons. The number of para-hydroxylation sites is 1. The van der Waals surface area contributed by atoms with Gasteiger partial charge in [-0.3, -0.25) is 4.90 Å². The molecular formula is C28H38N4. The lowest BCUT2D eigenvalue weighted by atomic mass is 10.1. The molecule has 32 heavy (non-hydrogen) atoms. The molecule has 1 aliphatic rings. The van der Waals surface area contributed by atoms with Crippen molar-refractivity contribution in [3.05, 3.63) is 77.1 Å². The highest BCUT2D eigenvalue weighted by atomic mass is 15.3. The van der Waals surface area contributed by atoms with Crippen molar-refractivity contribution in [3.63, 3.8) is 0 Å². The zero-order valence-corrected chi connectivity index (χ0v) is 20.1. The average Bonchev–Trinajstić information content (AvgIpc) is 3.23. The number of aromatic nitrogens is 2. The second kappa shape index (κ2) is 10.8. The molecule has 4 nitrogen and oxygen atoms in total. The molecule has 2 heterocycles. The van der Waals surface area contributed by atoms with Crippen molar-refractivity contribution in [2.24, 2.45) is 0 Å². The first kappa shape index (κ1) is 22.6. The number of anilines is 1. The summed E-state index contributed by atoms with van der Waals surface area (Å²) in [4.78, 5) is 5.19. The first-order valence-corrected chi connectivity index (χ1v) is 12.3. The summed E-state index contributed by atoms with van der Waals surface area (Å²) >= 11 is 0. The molecule has 0 unspecified atom stereocenters. The van der Waals surface area contributed by atoms with E-state index in [0.717, 1.165) is 45.4 Å². The van der Waals surface area contributed by atoms with Crippen LogP contribution in [0.25, 0.3) is 5.69 Å². The van der Waals surface area contributed by atoms with Crippen LogP contribution in [0, 0.1) is 13.8 Å². The Labute approximate surface area is 193 Å². The molecule has 1 saturated heterocycles. The number of aryl methyl sites for hydroxylation is 3. The third-order valence-corrected chi connectivity index (χ3v) is 6.79. The van der Waals surface area contributed by atoms with Crippen molar-refractivity contribution in [3.8, 4) is 5.69 Å². The smallest absolute Gasteiger partial charge is 0.0648 e. The monoisotopic (exact) mass is 430 g/mol. The Balaban J connectivity index is 1.24. The van der Waals surface area contributed by atoms with Crippen molar-refractivity contribution in [2.75, 3.05) is 37.6 Å². The van der Waals surface area contributed by atoms with Gasteiger partial charge in [0.2, 0.25) is 0 Å². The van der Waals surface area contributed by atoms with Crippen molar-refractivity contribution in [1.82, 2.24) is 14.7 Å². The predicted molar refractivity (Wildman–Crippen MR) is 135 cm³/mol. The number of benzene rings is 2. The van der Waals surface area contributed by atoms with Crippen LogP contribution >= 0.6 is 0 Å². The highest BCUT2D eigenvalue weighted by Crippen LogP contribution is 2.24. The van der Waals surface area contributed by atoms with Gasteiger partial charge in [-0.15, -0.1) is 0 Å². The van der Waals surface area contributed by atoms with Crippen LogP contribution in [-0.4, -0.2) is 47.4 Å². The van der Waals surface area contributed by atoms with Gasteiger partial charge < -0.3 is 4.90 Å². The molecule has 1 fully saturated rings. The summed E-state index contributed by atoms with van der Waals surface area (Å²) in [6, 6.07) is 19.5. The van der Waals surface area contributed by atoms with Gasteiger partial charge in [0.25, 0.3) is 0 Å². The van der Waals surface area contributed by atoms with Gasteiger partial charge in [0, 0.05) is 37.6 Å². The van der Waals surface area contributed by atoms with Gasteiger partial charge in [-0.25, -0.2) is 4.68 Å². The fourth-order valence-electron chi connectivity index (χ4n) is 4.76. The zero-order valence-electron chi connectivity index (χ0n) is 20.1.